The number of carbonyl (C=O) groups is 1. The number of pyridine rings is 1. The summed E-state index contributed by atoms with van der Waals surface area (Å²) in [5.41, 5.74) is 8.41. The summed E-state index contributed by atoms with van der Waals surface area (Å²) in [5, 5.41) is 10.9. The van der Waals surface area contributed by atoms with E-state index in [4.69, 9.17) is 10.1 Å². The molecule has 1 N–H and O–H groups in total. The van der Waals surface area contributed by atoms with Gasteiger partial charge in [0, 0.05) is 32.4 Å². The number of benzene rings is 2. The van der Waals surface area contributed by atoms with Crippen LogP contribution < -0.4 is 0 Å². The Balaban J connectivity index is 0.000000456. The fourth-order valence-electron chi connectivity index (χ4n) is 3.09. The molecule has 0 saturated carbocycles. The van der Waals surface area contributed by atoms with E-state index < -0.39 is 0 Å². The quantitative estimate of drug-likeness (QED) is 0.226. The second kappa shape index (κ2) is 10.5. The third-order valence-electron chi connectivity index (χ3n) is 4.75. The molecule has 0 aliphatic heterocycles. The summed E-state index contributed by atoms with van der Waals surface area (Å²) in [5.74, 6) is -0.0625. The molecular formula is C25H28IrNO2-. The first-order valence-corrected chi connectivity index (χ1v) is 9.34. The Morgan fingerprint density at radius 2 is 1.66 bits per heavy atom. The van der Waals surface area contributed by atoms with Crippen LogP contribution >= 0.6 is 0 Å². The minimum absolute atomic E-state index is 0. The van der Waals surface area contributed by atoms with E-state index in [-0.39, 0.29) is 31.6 Å². The Bertz CT molecular complexity index is 1040. The number of allylic oxidation sites excluding steroid dienone is 2. The van der Waals surface area contributed by atoms with E-state index in [1.54, 1.807) is 0 Å². The van der Waals surface area contributed by atoms with Gasteiger partial charge in [-0.25, -0.2) is 0 Å². The van der Waals surface area contributed by atoms with Gasteiger partial charge < -0.3 is 10.1 Å². The number of aryl methyl sites for hydroxylation is 4. The number of carbonyl (C=O) groups excluding carboxylic acids is 1. The first kappa shape index (κ1) is 24.7. The Morgan fingerprint density at radius 3 is 2.17 bits per heavy atom. The van der Waals surface area contributed by atoms with Gasteiger partial charge in [0.15, 0.2) is 5.78 Å². The maximum Gasteiger partial charge on any atom is 0.155 e. The summed E-state index contributed by atoms with van der Waals surface area (Å²) in [4.78, 5) is 14.7. The van der Waals surface area contributed by atoms with Crippen LogP contribution in [-0.2, 0) is 24.9 Å². The molecule has 0 aliphatic carbocycles. The molecule has 29 heavy (non-hydrogen) atoms. The summed E-state index contributed by atoms with van der Waals surface area (Å²) in [6, 6.07) is 12.3. The molecule has 4 heteroatoms. The fraction of sp³-hybridized carbons (Fsp3) is 0.280. The third-order valence-corrected chi connectivity index (χ3v) is 4.75. The van der Waals surface area contributed by atoms with Gasteiger partial charge in [-0.15, -0.1) is 34.4 Å². The molecule has 2 aromatic carbocycles. The predicted octanol–water partition coefficient (Wildman–Crippen LogP) is 6.28. The first-order valence-electron chi connectivity index (χ1n) is 9.34. The molecule has 3 nitrogen and oxygen atoms in total. The molecular weight excluding hydrogens is 538 g/mol. The van der Waals surface area contributed by atoms with Gasteiger partial charge in [0.2, 0.25) is 0 Å². The average Bonchev–Trinajstić information content (AvgIpc) is 2.59. The van der Waals surface area contributed by atoms with E-state index >= 15 is 0 Å². The fourth-order valence-corrected chi connectivity index (χ4v) is 3.09. The number of ketones is 1. The van der Waals surface area contributed by atoms with E-state index in [0.29, 0.717) is 0 Å². The van der Waals surface area contributed by atoms with E-state index in [2.05, 4.69) is 65.0 Å². The summed E-state index contributed by atoms with van der Waals surface area (Å²) in [6.45, 7) is 13.5. The van der Waals surface area contributed by atoms with Crippen molar-refractivity contribution in [1.82, 2.24) is 4.98 Å². The molecule has 0 aliphatic rings. The van der Waals surface area contributed by atoms with Crippen molar-refractivity contribution in [3.8, 4) is 11.3 Å². The summed E-state index contributed by atoms with van der Waals surface area (Å²) >= 11 is 0. The number of nitrogens with zero attached hydrogens (tertiary/aromatic N) is 1. The van der Waals surface area contributed by atoms with Crippen molar-refractivity contribution >= 4 is 16.6 Å². The van der Waals surface area contributed by atoms with Crippen molar-refractivity contribution in [2.75, 3.05) is 0 Å². The van der Waals surface area contributed by atoms with Crippen LogP contribution in [0.25, 0.3) is 22.0 Å². The topological polar surface area (TPSA) is 50.2 Å². The van der Waals surface area contributed by atoms with Crippen LogP contribution in [0, 0.1) is 40.7 Å². The second-order valence-electron chi connectivity index (χ2n) is 7.35. The van der Waals surface area contributed by atoms with Crippen LogP contribution in [-0.4, -0.2) is 15.9 Å². The van der Waals surface area contributed by atoms with E-state index in [1.807, 2.05) is 6.20 Å². The van der Waals surface area contributed by atoms with Gasteiger partial charge in [0.25, 0.3) is 0 Å². The molecule has 3 rings (SSSR count). The van der Waals surface area contributed by atoms with Crippen LogP contribution in [0.1, 0.15) is 41.7 Å². The van der Waals surface area contributed by atoms with Crippen molar-refractivity contribution in [1.29, 1.82) is 0 Å². The van der Waals surface area contributed by atoms with Crippen LogP contribution in [0.4, 0.5) is 0 Å². The van der Waals surface area contributed by atoms with Crippen molar-refractivity contribution in [3.05, 3.63) is 76.2 Å². The number of rotatable bonds is 2. The minimum atomic E-state index is -0.125. The molecule has 1 heterocycles. The van der Waals surface area contributed by atoms with E-state index in [9.17, 15) is 4.79 Å². The van der Waals surface area contributed by atoms with Gasteiger partial charge >= 0.3 is 0 Å². The van der Waals surface area contributed by atoms with E-state index in [0.717, 1.165) is 11.3 Å². The zero-order valence-corrected chi connectivity index (χ0v) is 20.5. The number of aliphatic hydroxyl groups excluding tert-OH is 1. The van der Waals surface area contributed by atoms with Gasteiger partial charge in [0.05, 0.1) is 5.76 Å². The zero-order chi connectivity index (χ0) is 21.0. The molecule has 0 atom stereocenters. The SMILES string of the molecule is CC(=O)/C=C(/C)O.Cc1ccc2c(C)cnc(-c3[c-]c(C)c(C)c(C)c3)c2c1.[Ir]. The van der Waals surface area contributed by atoms with Gasteiger partial charge in [-0.05, 0) is 49.7 Å². The monoisotopic (exact) mass is 567 g/mol. The number of fused-ring (bicyclic) bond motifs is 1. The smallest absolute Gasteiger partial charge is 0.155 e. The Hall–Kier alpha value is -2.29. The van der Waals surface area contributed by atoms with Crippen LogP contribution in [0.2, 0.25) is 0 Å². The molecule has 1 radical (unpaired) electrons. The molecule has 0 amide bonds. The Labute approximate surface area is 187 Å². The minimum Gasteiger partial charge on any atom is -0.512 e. The van der Waals surface area contributed by atoms with Crippen LogP contribution in [0.3, 0.4) is 0 Å². The molecule has 1 aromatic heterocycles. The maximum absolute atomic E-state index is 10.0. The summed E-state index contributed by atoms with van der Waals surface area (Å²) in [7, 11) is 0. The molecule has 0 bridgehead atoms. The largest absolute Gasteiger partial charge is 0.512 e. The normalized spacial score (nSPS) is 10.8. The second-order valence-corrected chi connectivity index (χ2v) is 7.35. The molecule has 0 fully saturated rings. The third kappa shape index (κ3) is 6.35. The zero-order valence-electron chi connectivity index (χ0n) is 18.1. The number of hydrogen-bond donors (Lipinski definition) is 1. The predicted molar refractivity (Wildman–Crippen MR) is 117 cm³/mol. The first-order chi connectivity index (χ1) is 13.1. The Morgan fingerprint density at radius 1 is 1.00 bits per heavy atom. The van der Waals surface area contributed by atoms with Crippen molar-refractivity contribution in [2.24, 2.45) is 0 Å². The number of hydrogen-bond acceptors (Lipinski definition) is 3. The van der Waals surface area contributed by atoms with E-state index in [1.165, 1.54) is 58.5 Å². The number of aromatic nitrogens is 1. The van der Waals surface area contributed by atoms with Gasteiger partial charge in [-0.2, -0.15) is 0 Å². The standard InChI is InChI=1S/C20H20N.C5H8O2.Ir/c1-12-6-7-18-15(4)11-21-20(19(18)8-12)17-9-13(2)16(5)14(3)10-17;1-4(6)3-5(2)7;/h6-9,11H,1-5H3;3,6H,1-2H3;/q-1;;/b;4-3-;. The van der Waals surface area contributed by atoms with Gasteiger partial charge in [-0.1, -0.05) is 44.5 Å². The number of aliphatic hydroxyl groups is 1. The van der Waals surface area contributed by atoms with Crippen molar-refractivity contribution in [2.45, 2.75) is 48.5 Å². The molecule has 0 spiro atoms. The van der Waals surface area contributed by atoms with Crippen molar-refractivity contribution < 1.29 is 30.0 Å². The summed E-state index contributed by atoms with van der Waals surface area (Å²) < 4.78 is 0. The van der Waals surface area contributed by atoms with Crippen LogP contribution in [0.5, 0.6) is 0 Å². The maximum atomic E-state index is 10.0. The molecule has 0 unspecified atom stereocenters. The van der Waals surface area contributed by atoms with Gasteiger partial charge in [0.1, 0.15) is 0 Å². The van der Waals surface area contributed by atoms with Crippen molar-refractivity contribution in [3.63, 3.8) is 0 Å². The summed E-state index contributed by atoms with van der Waals surface area (Å²) in [6.07, 6.45) is 3.13. The van der Waals surface area contributed by atoms with Crippen LogP contribution in [0.15, 0.2) is 42.3 Å². The average molecular weight is 567 g/mol. The molecule has 155 valence electrons. The molecule has 0 saturated heterocycles. The van der Waals surface area contributed by atoms with Gasteiger partial charge in [-0.3, -0.25) is 4.79 Å². The Kier molecular flexibility index (Phi) is 8.94. The molecule has 3 aromatic rings.